The lowest BCUT2D eigenvalue weighted by molar-refractivity contribution is -0.138. The Morgan fingerprint density at radius 1 is 1.53 bits per heavy atom. The number of hydrogen-bond acceptors (Lipinski definition) is 4. The summed E-state index contributed by atoms with van der Waals surface area (Å²) >= 11 is 0. The maximum absolute atomic E-state index is 11.3. The van der Waals surface area contributed by atoms with Gasteiger partial charge in [0.2, 0.25) is 0 Å². The molecule has 0 radical (unpaired) electrons. The fraction of sp³-hybridized carbons (Fsp3) is 0.385. The predicted molar refractivity (Wildman–Crippen MR) is 68.2 cm³/mol. The van der Waals surface area contributed by atoms with Crippen LogP contribution in [-0.4, -0.2) is 17.6 Å². The molecule has 4 heteroatoms. The molecule has 1 rings (SSSR count). The number of aryl methyl sites for hydroxylation is 1. The Kier molecular flexibility index (Phi) is 4.69. The molecule has 0 unspecified atom stereocenters. The number of carbonyl (C=O) groups excluding carboxylic acids is 1. The van der Waals surface area contributed by atoms with E-state index in [0.29, 0.717) is 18.3 Å². The standard InChI is InChI=1S/C13H18N2O2/c1-9(2)8-17-12(16)7-6-11-5-4-10(3)15-13(11)14/h4-7,9H,8H2,1-3H3,(H2,14,15)/b7-6+. The van der Waals surface area contributed by atoms with Crippen molar-refractivity contribution in [1.29, 1.82) is 0 Å². The molecule has 0 aliphatic heterocycles. The fourth-order valence-electron chi connectivity index (χ4n) is 1.18. The van der Waals surface area contributed by atoms with Gasteiger partial charge in [0.15, 0.2) is 0 Å². The van der Waals surface area contributed by atoms with E-state index in [-0.39, 0.29) is 5.97 Å². The summed E-state index contributed by atoms with van der Waals surface area (Å²) in [7, 11) is 0. The molecule has 0 saturated carbocycles. The lowest BCUT2D eigenvalue weighted by Crippen LogP contribution is -2.07. The third-order valence-electron chi connectivity index (χ3n) is 2.05. The Balaban J connectivity index is 2.61. The molecular formula is C13H18N2O2. The average molecular weight is 234 g/mol. The number of nitrogens with zero attached hydrogens (tertiary/aromatic N) is 1. The quantitative estimate of drug-likeness (QED) is 0.640. The number of nitrogen functional groups attached to an aromatic ring is 1. The summed E-state index contributed by atoms with van der Waals surface area (Å²) in [6.45, 7) is 6.25. The molecule has 92 valence electrons. The monoisotopic (exact) mass is 234 g/mol. The third kappa shape index (κ3) is 4.68. The van der Waals surface area contributed by atoms with Gasteiger partial charge in [-0.15, -0.1) is 0 Å². The van der Waals surface area contributed by atoms with Gasteiger partial charge in [-0.25, -0.2) is 9.78 Å². The number of rotatable bonds is 4. The van der Waals surface area contributed by atoms with Crippen LogP contribution < -0.4 is 5.73 Å². The lowest BCUT2D eigenvalue weighted by Gasteiger charge is -2.04. The van der Waals surface area contributed by atoms with Crippen molar-refractivity contribution in [3.63, 3.8) is 0 Å². The van der Waals surface area contributed by atoms with Gasteiger partial charge in [0.1, 0.15) is 5.82 Å². The van der Waals surface area contributed by atoms with Crippen molar-refractivity contribution in [1.82, 2.24) is 4.98 Å². The van der Waals surface area contributed by atoms with Crippen LogP contribution in [0.3, 0.4) is 0 Å². The van der Waals surface area contributed by atoms with Gasteiger partial charge in [-0.1, -0.05) is 13.8 Å². The van der Waals surface area contributed by atoms with Gasteiger partial charge in [0, 0.05) is 17.3 Å². The third-order valence-corrected chi connectivity index (χ3v) is 2.05. The molecule has 0 amide bonds. The number of pyridine rings is 1. The molecule has 0 bridgehead atoms. The molecule has 1 heterocycles. The minimum Gasteiger partial charge on any atom is -0.462 e. The van der Waals surface area contributed by atoms with E-state index in [2.05, 4.69) is 4.98 Å². The van der Waals surface area contributed by atoms with Crippen LogP contribution in [0, 0.1) is 12.8 Å². The number of esters is 1. The minimum absolute atomic E-state index is 0.332. The number of anilines is 1. The highest BCUT2D eigenvalue weighted by Gasteiger charge is 2.01. The van der Waals surface area contributed by atoms with Crippen LogP contribution in [0.1, 0.15) is 25.1 Å². The van der Waals surface area contributed by atoms with Crippen LogP contribution in [0.4, 0.5) is 5.82 Å². The van der Waals surface area contributed by atoms with Crippen LogP contribution in [-0.2, 0) is 9.53 Å². The predicted octanol–water partition coefficient (Wildman–Crippen LogP) is 2.18. The molecule has 1 aromatic rings. The first-order valence-corrected chi connectivity index (χ1v) is 5.57. The largest absolute Gasteiger partial charge is 0.462 e. The van der Waals surface area contributed by atoms with Gasteiger partial charge in [0.05, 0.1) is 6.61 Å². The van der Waals surface area contributed by atoms with E-state index in [4.69, 9.17) is 10.5 Å². The molecule has 4 nitrogen and oxygen atoms in total. The molecule has 0 saturated heterocycles. The molecule has 2 N–H and O–H groups in total. The minimum atomic E-state index is -0.362. The molecule has 0 spiro atoms. The van der Waals surface area contributed by atoms with Crippen LogP contribution in [0.5, 0.6) is 0 Å². The topological polar surface area (TPSA) is 65.2 Å². The van der Waals surface area contributed by atoms with Crippen LogP contribution in [0.15, 0.2) is 18.2 Å². The molecular weight excluding hydrogens is 216 g/mol. The maximum Gasteiger partial charge on any atom is 0.330 e. The number of carbonyl (C=O) groups is 1. The first-order chi connectivity index (χ1) is 7.99. The number of aromatic nitrogens is 1. The van der Waals surface area contributed by atoms with E-state index in [0.717, 1.165) is 11.3 Å². The highest BCUT2D eigenvalue weighted by atomic mass is 16.5. The van der Waals surface area contributed by atoms with Crippen molar-refractivity contribution < 1.29 is 9.53 Å². The second-order valence-corrected chi connectivity index (χ2v) is 4.28. The van der Waals surface area contributed by atoms with Gasteiger partial charge in [-0.05, 0) is 31.1 Å². The normalized spacial score (nSPS) is 11.1. The smallest absolute Gasteiger partial charge is 0.330 e. The zero-order valence-corrected chi connectivity index (χ0v) is 10.4. The van der Waals surface area contributed by atoms with Gasteiger partial charge < -0.3 is 10.5 Å². The zero-order valence-electron chi connectivity index (χ0n) is 10.4. The highest BCUT2D eigenvalue weighted by molar-refractivity contribution is 5.87. The Hall–Kier alpha value is -1.84. The molecule has 0 aliphatic carbocycles. The van der Waals surface area contributed by atoms with Gasteiger partial charge in [-0.2, -0.15) is 0 Å². The average Bonchev–Trinajstić information content (AvgIpc) is 2.25. The summed E-state index contributed by atoms with van der Waals surface area (Å²) < 4.78 is 5.00. The first-order valence-electron chi connectivity index (χ1n) is 5.57. The van der Waals surface area contributed by atoms with E-state index in [1.165, 1.54) is 6.08 Å². The maximum atomic E-state index is 11.3. The number of hydrogen-bond donors (Lipinski definition) is 1. The number of nitrogens with two attached hydrogens (primary N) is 1. The van der Waals surface area contributed by atoms with Crippen molar-refractivity contribution in [3.05, 3.63) is 29.5 Å². The summed E-state index contributed by atoms with van der Waals surface area (Å²) in [5.41, 5.74) is 7.28. The Labute approximate surface area is 101 Å². The molecule has 0 aliphatic rings. The van der Waals surface area contributed by atoms with Crippen molar-refractivity contribution in [2.45, 2.75) is 20.8 Å². The van der Waals surface area contributed by atoms with E-state index in [1.54, 1.807) is 6.08 Å². The summed E-state index contributed by atoms with van der Waals surface area (Å²) in [6, 6.07) is 3.67. The second-order valence-electron chi connectivity index (χ2n) is 4.28. The second kappa shape index (κ2) is 6.03. The van der Waals surface area contributed by atoms with Crippen molar-refractivity contribution >= 4 is 17.9 Å². The molecule has 1 aromatic heterocycles. The van der Waals surface area contributed by atoms with E-state index < -0.39 is 0 Å². The SMILES string of the molecule is Cc1ccc(/C=C/C(=O)OCC(C)C)c(N)n1. The first kappa shape index (κ1) is 13.2. The van der Waals surface area contributed by atoms with Crippen molar-refractivity contribution in [2.75, 3.05) is 12.3 Å². The summed E-state index contributed by atoms with van der Waals surface area (Å²) in [5, 5.41) is 0. The van der Waals surface area contributed by atoms with Gasteiger partial charge in [0.25, 0.3) is 0 Å². The molecule has 0 aromatic carbocycles. The van der Waals surface area contributed by atoms with Crippen LogP contribution >= 0.6 is 0 Å². The van der Waals surface area contributed by atoms with Crippen molar-refractivity contribution in [3.8, 4) is 0 Å². The number of ether oxygens (including phenoxy) is 1. The van der Waals surface area contributed by atoms with Crippen LogP contribution in [0.2, 0.25) is 0 Å². The van der Waals surface area contributed by atoms with Gasteiger partial charge >= 0.3 is 5.97 Å². The van der Waals surface area contributed by atoms with E-state index in [9.17, 15) is 4.79 Å². The Morgan fingerprint density at radius 3 is 2.82 bits per heavy atom. The molecule has 17 heavy (non-hydrogen) atoms. The summed E-state index contributed by atoms with van der Waals surface area (Å²) in [6.07, 6.45) is 2.98. The Bertz CT molecular complexity index is 425. The van der Waals surface area contributed by atoms with Crippen LogP contribution in [0.25, 0.3) is 6.08 Å². The summed E-state index contributed by atoms with van der Waals surface area (Å²) in [5.74, 6) is 0.384. The summed E-state index contributed by atoms with van der Waals surface area (Å²) in [4.78, 5) is 15.4. The molecule has 0 atom stereocenters. The van der Waals surface area contributed by atoms with E-state index in [1.807, 2.05) is 32.9 Å². The van der Waals surface area contributed by atoms with E-state index >= 15 is 0 Å². The highest BCUT2D eigenvalue weighted by Crippen LogP contribution is 2.11. The zero-order chi connectivity index (χ0) is 12.8. The Morgan fingerprint density at radius 2 is 2.24 bits per heavy atom. The van der Waals surface area contributed by atoms with Gasteiger partial charge in [-0.3, -0.25) is 0 Å². The lowest BCUT2D eigenvalue weighted by atomic mass is 10.2. The fourth-order valence-corrected chi connectivity index (χ4v) is 1.18. The molecule has 0 fully saturated rings. The van der Waals surface area contributed by atoms with Crippen molar-refractivity contribution in [2.24, 2.45) is 5.92 Å².